The number of hydrogen-bond donors (Lipinski definition) is 2. The van der Waals surface area contributed by atoms with Crippen LogP contribution in [0.4, 0.5) is 0 Å². The number of carbonyl (C=O) groups is 1. The van der Waals surface area contributed by atoms with Gasteiger partial charge in [0.15, 0.2) is 17.5 Å². The lowest BCUT2D eigenvalue weighted by molar-refractivity contribution is 0.0977. The van der Waals surface area contributed by atoms with Crippen LogP contribution >= 0.6 is 11.6 Å². The fourth-order valence-electron chi connectivity index (χ4n) is 1.70. The standard InChI is InChI=1S/C13H12ClN3O5S/c1-23(19,20)22-10-3-2-7(14)6-8(10)9-4-5-11(21-9)12(18)17-13(15)16/h2-6H,1H3,(H4,15,16,17,18). The summed E-state index contributed by atoms with van der Waals surface area (Å²) in [5, 5.41) is 0.328. The summed E-state index contributed by atoms with van der Waals surface area (Å²) in [6.07, 6.45) is 0.904. The summed E-state index contributed by atoms with van der Waals surface area (Å²) in [7, 11) is -3.75. The van der Waals surface area contributed by atoms with E-state index >= 15 is 0 Å². The third kappa shape index (κ3) is 4.47. The number of furan rings is 1. The Balaban J connectivity index is 2.46. The fourth-order valence-corrected chi connectivity index (χ4v) is 2.34. The van der Waals surface area contributed by atoms with Gasteiger partial charge in [-0.15, -0.1) is 0 Å². The lowest BCUT2D eigenvalue weighted by atomic mass is 10.1. The highest BCUT2D eigenvalue weighted by molar-refractivity contribution is 7.86. The minimum absolute atomic E-state index is 0.00656. The van der Waals surface area contributed by atoms with Gasteiger partial charge in [0.2, 0.25) is 0 Å². The summed E-state index contributed by atoms with van der Waals surface area (Å²) in [6, 6.07) is 7.06. The summed E-state index contributed by atoms with van der Waals surface area (Å²) in [5.41, 5.74) is 10.5. The second-order valence-corrected chi connectivity index (χ2v) is 6.45. The van der Waals surface area contributed by atoms with Gasteiger partial charge in [-0.05, 0) is 30.3 Å². The highest BCUT2D eigenvalue weighted by Gasteiger charge is 2.17. The predicted octanol–water partition coefficient (Wildman–Crippen LogP) is 1.35. The topological polar surface area (TPSA) is 138 Å². The number of aliphatic imine (C=N–C) groups is 1. The fraction of sp³-hybridized carbons (Fsp3) is 0.0769. The molecule has 0 atom stereocenters. The molecule has 23 heavy (non-hydrogen) atoms. The van der Waals surface area contributed by atoms with Crippen LogP contribution in [0.15, 0.2) is 39.7 Å². The van der Waals surface area contributed by atoms with Gasteiger partial charge in [0, 0.05) is 5.02 Å². The molecule has 0 unspecified atom stereocenters. The van der Waals surface area contributed by atoms with E-state index in [0.717, 1.165) is 6.26 Å². The van der Waals surface area contributed by atoms with Crippen LogP contribution in [0.25, 0.3) is 11.3 Å². The number of nitrogens with zero attached hydrogens (tertiary/aromatic N) is 1. The van der Waals surface area contributed by atoms with Crippen molar-refractivity contribution in [2.45, 2.75) is 0 Å². The van der Waals surface area contributed by atoms with Crippen LogP contribution in [0.1, 0.15) is 10.6 Å². The third-order valence-corrected chi connectivity index (χ3v) is 3.21. The van der Waals surface area contributed by atoms with Gasteiger partial charge in [0.1, 0.15) is 5.76 Å². The molecular weight excluding hydrogens is 346 g/mol. The second-order valence-electron chi connectivity index (χ2n) is 4.43. The number of guanidine groups is 1. The average molecular weight is 358 g/mol. The van der Waals surface area contributed by atoms with Crippen molar-refractivity contribution in [1.82, 2.24) is 0 Å². The number of amides is 1. The lowest BCUT2D eigenvalue weighted by Gasteiger charge is -2.08. The molecular formula is C13H12ClN3O5S. The molecule has 0 spiro atoms. The monoisotopic (exact) mass is 357 g/mol. The van der Waals surface area contributed by atoms with E-state index in [1.54, 1.807) is 0 Å². The molecule has 10 heteroatoms. The van der Waals surface area contributed by atoms with Crippen LogP contribution < -0.4 is 15.7 Å². The average Bonchev–Trinajstić information content (AvgIpc) is 2.88. The van der Waals surface area contributed by atoms with Crippen molar-refractivity contribution >= 4 is 33.6 Å². The normalized spacial score (nSPS) is 11.0. The summed E-state index contributed by atoms with van der Waals surface area (Å²) >= 11 is 5.91. The molecule has 0 aliphatic carbocycles. The van der Waals surface area contributed by atoms with Gasteiger partial charge in [-0.3, -0.25) is 4.79 Å². The number of rotatable bonds is 4. The van der Waals surface area contributed by atoms with E-state index in [0.29, 0.717) is 5.02 Å². The van der Waals surface area contributed by atoms with Crippen LogP contribution in [-0.4, -0.2) is 26.5 Å². The summed E-state index contributed by atoms with van der Waals surface area (Å²) in [5.74, 6) is -1.13. The van der Waals surface area contributed by atoms with Crippen LogP contribution in [0.5, 0.6) is 5.75 Å². The van der Waals surface area contributed by atoms with Crippen molar-refractivity contribution in [3.63, 3.8) is 0 Å². The van der Waals surface area contributed by atoms with Crippen molar-refractivity contribution in [3.8, 4) is 17.1 Å². The SMILES string of the molecule is CS(=O)(=O)Oc1ccc(Cl)cc1-c1ccc(C(=O)N=C(N)N)o1. The molecule has 122 valence electrons. The highest BCUT2D eigenvalue weighted by atomic mass is 35.5. The quantitative estimate of drug-likeness (QED) is 0.478. The minimum atomic E-state index is -3.75. The molecule has 2 rings (SSSR count). The maximum Gasteiger partial charge on any atom is 0.315 e. The maximum atomic E-state index is 11.7. The molecule has 0 radical (unpaired) electrons. The Hall–Kier alpha value is -2.52. The number of nitrogens with two attached hydrogens (primary N) is 2. The number of benzene rings is 1. The Labute approximate surface area is 136 Å². The maximum absolute atomic E-state index is 11.7. The van der Waals surface area contributed by atoms with Gasteiger partial charge in [-0.2, -0.15) is 13.4 Å². The summed E-state index contributed by atoms with van der Waals surface area (Å²) < 4.78 is 32.9. The molecule has 0 saturated carbocycles. The summed E-state index contributed by atoms with van der Waals surface area (Å²) in [4.78, 5) is 15.0. The zero-order chi connectivity index (χ0) is 17.2. The first-order valence-corrected chi connectivity index (χ1v) is 8.28. The Kier molecular flexibility index (Phi) is 4.62. The minimum Gasteiger partial charge on any atom is -0.451 e. The zero-order valence-corrected chi connectivity index (χ0v) is 13.4. The molecule has 0 saturated heterocycles. The van der Waals surface area contributed by atoms with E-state index in [2.05, 4.69) is 4.99 Å². The van der Waals surface area contributed by atoms with Gasteiger partial charge in [-0.1, -0.05) is 11.6 Å². The Morgan fingerprint density at radius 3 is 2.57 bits per heavy atom. The molecule has 1 aromatic heterocycles. The largest absolute Gasteiger partial charge is 0.451 e. The van der Waals surface area contributed by atoms with Gasteiger partial charge in [-0.25, -0.2) is 0 Å². The molecule has 0 aliphatic rings. The zero-order valence-electron chi connectivity index (χ0n) is 11.8. The molecule has 2 aromatic rings. The van der Waals surface area contributed by atoms with Crippen molar-refractivity contribution in [2.24, 2.45) is 16.5 Å². The van der Waals surface area contributed by atoms with Crippen molar-refractivity contribution in [2.75, 3.05) is 6.26 Å². The predicted molar refractivity (Wildman–Crippen MR) is 84.8 cm³/mol. The first kappa shape index (κ1) is 16.8. The first-order valence-electron chi connectivity index (χ1n) is 6.09. The number of hydrogen-bond acceptors (Lipinski definition) is 5. The lowest BCUT2D eigenvalue weighted by Crippen LogP contribution is -2.24. The molecule has 1 aromatic carbocycles. The Bertz CT molecular complexity index is 885. The first-order chi connectivity index (χ1) is 10.7. The van der Waals surface area contributed by atoms with E-state index < -0.39 is 22.0 Å². The van der Waals surface area contributed by atoms with Crippen LogP contribution in [0.3, 0.4) is 0 Å². The van der Waals surface area contributed by atoms with E-state index in [1.165, 1.54) is 30.3 Å². The molecule has 4 N–H and O–H groups in total. The van der Waals surface area contributed by atoms with Crippen LogP contribution in [-0.2, 0) is 10.1 Å². The van der Waals surface area contributed by atoms with Crippen molar-refractivity contribution < 1.29 is 21.8 Å². The van der Waals surface area contributed by atoms with E-state index in [-0.39, 0.29) is 22.8 Å². The highest BCUT2D eigenvalue weighted by Crippen LogP contribution is 2.34. The second kappa shape index (κ2) is 6.31. The van der Waals surface area contributed by atoms with E-state index in [9.17, 15) is 13.2 Å². The molecule has 1 heterocycles. The summed E-state index contributed by atoms with van der Waals surface area (Å²) in [6.45, 7) is 0. The molecule has 0 bridgehead atoms. The van der Waals surface area contributed by atoms with Gasteiger partial charge < -0.3 is 20.1 Å². The Morgan fingerprint density at radius 1 is 1.26 bits per heavy atom. The van der Waals surface area contributed by atoms with Crippen LogP contribution in [0, 0.1) is 0 Å². The van der Waals surface area contributed by atoms with E-state index in [1.807, 2.05) is 0 Å². The molecule has 1 amide bonds. The van der Waals surface area contributed by atoms with Gasteiger partial charge >= 0.3 is 16.0 Å². The molecule has 0 fully saturated rings. The smallest absolute Gasteiger partial charge is 0.315 e. The third-order valence-electron chi connectivity index (χ3n) is 2.50. The van der Waals surface area contributed by atoms with Gasteiger partial charge in [0.25, 0.3) is 0 Å². The van der Waals surface area contributed by atoms with Gasteiger partial charge in [0.05, 0.1) is 11.8 Å². The molecule has 0 aliphatic heterocycles. The Morgan fingerprint density at radius 2 is 1.96 bits per heavy atom. The molecule has 8 nitrogen and oxygen atoms in total. The van der Waals surface area contributed by atoms with Crippen LogP contribution in [0.2, 0.25) is 5.02 Å². The van der Waals surface area contributed by atoms with E-state index in [4.69, 9.17) is 31.7 Å². The van der Waals surface area contributed by atoms with Crippen molar-refractivity contribution in [1.29, 1.82) is 0 Å². The van der Waals surface area contributed by atoms with Crippen molar-refractivity contribution in [3.05, 3.63) is 41.1 Å². The number of carbonyl (C=O) groups excluding carboxylic acids is 1. The number of halogens is 1.